The van der Waals surface area contributed by atoms with Crippen molar-refractivity contribution in [2.24, 2.45) is 0 Å². The molecule has 0 aliphatic heterocycles. The Kier molecular flexibility index (Phi) is 5.14. The van der Waals surface area contributed by atoms with E-state index in [-0.39, 0.29) is 29.9 Å². The maximum atomic E-state index is 13.6. The number of nitrogens with one attached hydrogen (secondary N) is 1. The van der Waals surface area contributed by atoms with Crippen LogP contribution < -0.4 is 10.1 Å². The van der Waals surface area contributed by atoms with Crippen molar-refractivity contribution in [1.82, 2.24) is 5.32 Å². The van der Waals surface area contributed by atoms with Gasteiger partial charge in [-0.2, -0.15) is 0 Å². The molecule has 0 saturated heterocycles. The Morgan fingerprint density at radius 3 is 2.62 bits per heavy atom. The zero-order valence-electron chi connectivity index (χ0n) is 11.6. The minimum absolute atomic E-state index is 0.126. The van der Waals surface area contributed by atoms with E-state index in [2.05, 4.69) is 5.32 Å². The van der Waals surface area contributed by atoms with Gasteiger partial charge in [0.05, 0.1) is 5.56 Å². The maximum Gasteiger partial charge on any atom is 0.335 e. The van der Waals surface area contributed by atoms with Crippen molar-refractivity contribution in [2.75, 3.05) is 6.61 Å². The van der Waals surface area contributed by atoms with E-state index in [0.717, 1.165) is 31.7 Å². The first-order chi connectivity index (χ1) is 10.1. The fourth-order valence-electron chi connectivity index (χ4n) is 2.41. The lowest BCUT2D eigenvalue weighted by Gasteiger charge is -2.22. The molecule has 1 amide bonds. The second-order valence-corrected chi connectivity index (χ2v) is 5.14. The van der Waals surface area contributed by atoms with Crippen LogP contribution in [0, 0.1) is 5.82 Å². The minimum atomic E-state index is -1.21. The van der Waals surface area contributed by atoms with Gasteiger partial charge in [0.25, 0.3) is 5.91 Å². The van der Waals surface area contributed by atoms with Gasteiger partial charge in [0.1, 0.15) is 0 Å². The fourth-order valence-corrected chi connectivity index (χ4v) is 2.41. The molecule has 0 spiro atoms. The van der Waals surface area contributed by atoms with Crippen molar-refractivity contribution in [3.8, 4) is 5.75 Å². The van der Waals surface area contributed by atoms with Crippen LogP contribution in [0.4, 0.5) is 4.39 Å². The van der Waals surface area contributed by atoms with E-state index in [1.54, 1.807) is 0 Å². The molecule has 0 heterocycles. The second kappa shape index (κ2) is 7.06. The largest absolute Gasteiger partial charge is 0.481 e. The van der Waals surface area contributed by atoms with Gasteiger partial charge in [-0.3, -0.25) is 4.79 Å². The Balaban J connectivity index is 1.84. The molecule has 0 atom stereocenters. The summed E-state index contributed by atoms with van der Waals surface area (Å²) < 4.78 is 18.7. The number of amides is 1. The highest BCUT2D eigenvalue weighted by Gasteiger charge is 2.16. The van der Waals surface area contributed by atoms with Crippen LogP contribution in [-0.4, -0.2) is 29.6 Å². The zero-order chi connectivity index (χ0) is 15.2. The molecule has 1 saturated carbocycles. The summed E-state index contributed by atoms with van der Waals surface area (Å²) in [6.45, 7) is -0.278. The zero-order valence-corrected chi connectivity index (χ0v) is 11.6. The summed E-state index contributed by atoms with van der Waals surface area (Å²) >= 11 is 0. The molecule has 114 valence electrons. The van der Waals surface area contributed by atoms with E-state index in [4.69, 9.17) is 9.84 Å². The summed E-state index contributed by atoms with van der Waals surface area (Å²) in [6.07, 6.45) is 5.35. The molecule has 1 fully saturated rings. The molecule has 1 aromatic rings. The van der Waals surface area contributed by atoms with Crippen LogP contribution in [0.2, 0.25) is 0 Å². The lowest BCUT2D eigenvalue weighted by atomic mass is 9.95. The molecule has 0 unspecified atom stereocenters. The number of carbonyl (C=O) groups is 2. The Hall–Kier alpha value is -2.11. The number of rotatable bonds is 5. The number of carboxylic acids is 1. The molecule has 0 radical (unpaired) electrons. The number of halogens is 1. The molecule has 1 aliphatic carbocycles. The Morgan fingerprint density at radius 2 is 2.00 bits per heavy atom. The van der Waals surface area contributed by atoms with Gasteiger partial charge in [-0.1, -0.05) is 19.3 Å². The Labute approximate surface area is 122 Å². The van der Waals surface area contributed by atoms with Crippen LogP contribution in [0.5, 0.6) is 5.75 Å². The third-order valence-corrected chi connectivity index (χ3v) is 3.51. The molecule has 2 rings (SSSR count). The lowest BCUT2D eigenvalue weighted by Crippen LogP contribution is -2.39. The summed E-state index contributed by atoms with van der Waals surface area (Å²) in [5, 5.41) is 11.6. The van der Waals surface area contributed by atoms with E-state index >= 15 is 0 Å². The molecule has 0 bridgehead atoms. The van der Waals surface area contributed by atoms with E-state index in [1.165, 1.54) is 18.6 Å². The van der Waals surface area contributed by atoms with Crippen molar-refractivity contribution < 1.29 is 23.8 Å². The van der Waals surface area contributed by atoms with E-state index < -0.39 is 11.8 Å². The molecular formula is C15H18FNO4. The molecule has 0 aromatic heterocycles. The van der Waals surface area contributed by atoms with Crippen molar-refractivity contribution in [3.63, 3.8) is 0 Å². The molecule has 1 aliphatic rings. The number of hydrogen-bond donors (Lipinski definition) is 2. The summed E-state index contributed by atoms with van der Waals surface area (Å²) in [4.78, 5) is 22.4. The van der Waals surface area contributed by atoms with Crippen molar-refractivity contribution in [2.45, 2.75) is 38.1 Å². The van der Waals surface area contributed by atoms with Crippen LogP contribution in [0.1, 0.15) is 42.5 Å². The van der Waals surface area contributed by atoms with Gasteiger partial charge >= 0.3 is 5.97 Å². The minimum Gasteiger partial charge on any atom is -0.481 e. The number of carboxylic acid groups (broad SMARTS) is 1. The molecule has 1 aromatic carbocycles. The predicted molar refractivity (Wildman–Crippen MR) is 73.9 cm³/mol. The normalized spacial score (nSPS) is 15.5. The highest BCUT2D eigenvalue weighted by molar-refractivity contribution is 5.87. The van der Waals surface area contributed by atoms with Gasteiger partial charge < -0.3 is 15.2 Å². The first-order valence-electron chi connectivity index (χ1n) is 7.01. The average Bonchev–Trinajstić information content (AvgIpc) is 2.47. The number of hydrogen-bond acceptors (Lipinski definition) is 3. The summed E-state index contributed by atoms with van der Waals surface area (Å²) in [6, 6.07) is 3.50. The number of aromatic carboxylic acids is 1. The highest BCUT2D eigenvalue weighted by Crippen LogP contribution is 2.19. The first kappa shape index (κ1) is 15.3. The lowest BCUT2D eigenvalue weighted by molar-refractivity contribution is -0.124. The monoisotopic (exact) mass is 295 g/mol. The van der Waals surface area contributed by atoms with Crippen LogP contribution >= 0.6 is 0 Å². The third-order valence-electron chi connectivity index (χ3n) is 3.51. The van der Waals surface area contributed by atoms with E-state index in [0.29, 0.717) is 0 Å². The highest BCUT2D eigenvalue weighted by atomic mass is 19.1. The van der Waals surface area contributed by atoms with Crippen molar-refractivity contribution in [1.29, 1.82) is 0 Å². The smallest absolute Gasteiger partial charge is 0.335 e. The third kappa shape index (κ3) is 4.44. The maximum absolute atomic E-state index is 13.6. The number of carbonyl (C=O) groups excluding carboxylic acids is 1. The summed E-state index contributed by atoms with van der Waals surface area (Å²) in [7, 11) is 0. The van der Waals surface area contributed by atoms with E-state index in [9.17, 15) is 14.0 Å². The van der Waals surface area contributed by atoms with Crippen molar-refractivity contribution in [3.05, 3.63) is 29.6 Å². The Bertz CT molecular complexity index is 526. The molecular weight excluding hydrogens is 277 g/mol. The number of ether oxygens (including phenoxy) is 1. The van der Waals surface area contributed by atoms with Crippen LogP contribution in [0.25, 0.3) is 0 Å². The fraction of sp³-hybridized carbons (Fsp3) is 0.467. The van der Waals surface area contributed by atoms with E-state index in [1.807, 2.05) is 0 Å². The molecule has 2 N–H and O–H groups in total. The summed E-state index contributed by atoms with van der Waals surface area (Å²) in [5.41, 5.74) is -0.161. The SMILES string of the molecule is O=C(COc1ccc(C(=O)O)cc1F)NC1CCCCC1. The van der Waals surface area contributed by atoms with Gasteiger partial charge in [-0.05, 0) is 31.0 Å². The van der Waals surface area contributed by atoms with Gasteiger partial charge in [-0.15, -0.1) is 0 Å². The first-order valence-corrected chi connectivity index (χ1v) is 7.01. The van der Waals surface area contributed by atoms with Crippen LogP contribution in [0.15, 0.2) is 18.2 Å². The standard InChI is InChI=1S/C15H18FNO4/c16-12-8-10(15(19)20)6-7-13(12)21-9-14(18)17-11-4-2-1-3-5-11/h6-8,11H,1-5,9H2,(H,17,18)(H,19,20). The average molecular weight is 295 g/mol. The molecule has 6 heteroatoms. The van der Waals surface area contributed by atoms with Crippen molar-refractivity contribution >= 4 is 11.9 Å². The Morgan fingerprint density at radius 1 is 1.29 bits per heavy atom. The molecule has 5 nitrogen and oxygen atoms in total. The van der Waals surface area contributed by atoms with Gasteiger partial charge in [0, 0.05) is 6.04 Å². The number of benzene rings is 1. The quantitative estimate of drug-likeness (QED) is 0.874. The second-order valence-electron chi connectivity index (χ2n) is 5.14. The van der Waals surface area contributed by atoms with Crippen LogP contribution in [0.3, 0.4) is 0 Å². The predicted octanol–water partition coefficient (Wildman–Crippen LogP) is 2.35. The molecule has 21 heavy (non-hydrogen) atoms. The van der Waals surface area contributed by atoms with Gasteiger partial charge in [0.2, 0.25) is 0 Å². The summed E-state index contributed by atoms with van der Waals surface area (Å²) in [5.74, 6) is -2.42. The topological polar surface area (TPSA) is 75.6 Å². The van der Waals surface area contributed by atoms with Gasteiger partial charge in [0.15, 0.2) is 18.2 Å². The van der Waals surface area contributed by atoms with Gasteiger partial charge in [-0.25, -0.2) is 9.18 Å². The van der Waals surface area contributed by atoms with Crippen LogP contribution in [-0.2, 0) is 4.79 Å².